The van der Waals surface area contributed by atoms with Crippen LogP contribution in [-0.4, -0.2) is 73.9 Å². The molecule has 4 fully saturated rings. The monoisotopic (exact) mass is 599 g/mol. The van der Waals surface area contributed by atoms with Crippen molar-refractivity contribution in [2.45, 2.75) is 72.7 Å². The first kappa shape index (κ1) is 28.9. The Morgan fingerprint density at radius 3 is 2.10 bits per heavy atom. The van der Waals surface area contributed by atoms with Crippen LogP contribution in [0.2, 0.25) is 0 Å². The lowest BCUT2D eigenvalue weighted by molar-refractivity contribution is -0.171. The minimum atomic E-state index is -5.16. The van der Waals surface area contributed by atoms with E-state index in [1.54, 1.807) is 6.92 Å². The van der Waals surface area contributed by atoms with Gasteiger partial charge in [-0.25, -0.2) is 26.0 Å². The molecule has 4 aliphatic rings. The topological polar surface area (TPSA) is 86.8 Å². The lowest BCUT2D eigenvalue weighted by Gasteiger charge is -2.40. The number of benzene rings is 1. The summed E-state index contributed by atoms with van der Waals surface area (Å²) in [5.41, 5.74) is -2.29. The van der Waals surface area contributed by atoms with Crippen LogP contribution in [0.4, 0.5) is 36.4 Å². The van der Waals surface area contributed by atoms with E-state index in [0.717, 1.165) is 21.9 Å². The molecule has 40 heavy (non-hydrogen) atoms. The molecule has 5 rings (SSSR count). The lowest BCUT2D eigenvalue weighted by Crippen LogP contribution is -2.60. The summed E-state index contributed by atoms with van der Waals surface area (Å²) in [6, 6.07) is 2.27. The van der Waals surface area contributed by atoms with Crippen LogP contribution in [-0.2, 0) is 25.6 Å². The second-order valence-corrected chi connectivity index (χ2v) is 13.9. The van der Waals surface area contributed by atoms with E-state index in [1.807, 2.05) is 0 Å². The zero-order valence-electron chi connectivity index (χ0n) is 21.4. The third-order valence-electron chi connectivity index (χ3n) is 8.30. The molecule has 2 heterocycles. The summed E-state index contributed by atoms with van der Waals surface area (Å²) >= 11 is 0. The van der Waals surface area contributed by atoms with Crippen molar-refractivity contribution in [3.05, 3.63) is 23.8 Å². The third kappa shape index (κ3) is 5.49. The lowest BCUT2D eigenvalue weighted by atomic mass is 9.92. The molecule has 15 heteroatoms. The van der Waals surface area contributed by atoms with E-state index in [9.17, 15) is 48.7 Å². The number of nitrogens with one attached hydrogen (secondary N) is 1. The second kappa shape index (κ2) is 9.21. The first-order chi connectivity index (χ1) is 18.3. The summed E-state index contributed by atoms with van der Waals surface area (Å²) < 4.78 is 124. The molecule has 0 radical (unpaired) electrons. The number of halogens is 7. The summed E-state index contributed by atoms with van der Waals surface area (Å²) in [6.07, 6.45) is -5.41. The average Bonchev–Trinajstić information content (AvgIpc) is 3.22. The number of alkyl halides is 7. The number of amides is 2. The number of anilines is 1. The number of carbonyl (C=O) groups excluding carboxylic acids is 2. The number of nitrogens with zero attached hydrogens (tertiary/aromatic N) is 2. The van der Waals surface area contributed by atoms with E-state index >= 15 is 0 Å². The van der Waals surface area contributed by atoms with Crippen LogP contribution in [0, 0.1) is 11.8 Å². The summed E-state index contributed by atoms with van der Waals surface area (Å²) in [5.74, 6) is -10.2. The molecule has 3 unspecified atom stereocenters. The number of likely N-dealkylation sites (tertiary alicyclic amines) is 1. The molecule has 222 valence electrons. The van der Waals surface area contributed by atoms with Crippen LogP contribution < -0.4 is 10.2 Å². The van der Waals surface area contributed by atoms with Gasteiger partial charge >= 0.3 is 6.18 Å². The fourth-order valence-electron chi connectivity index (χ4n) is 5.73. The Balaban J connectivity index is 1.45. The maximum Gasteiger partial charge on any atom is 0.417 e. The van der Waals surface area contributed by atoms with E-state index in [4.69, 9.17) is 0 Å². The molecule has 2 amide bonds. The Hall–Kier alpha value is -2.58. The molecule has 0 aromatic heterocycles. The molecule has 3 atom stereocenters. The van der Waals surface area contributed by atoms with Crippen molar-refractivity contribution in [1.29, 1.82) is 0 Å². The van der Waals surface area contributed by atoms with Gasteiger partial charge in [0.2, 0.25) is 11.8 Å². The highest BCUT2D eigenvalue weighted by atomic mass is 32.2. The molecule has 2 saturated carbocycles. The van der Waals surface area contributed by atoms with Crippen LogP contribution in [0.1, 0.15) is 44.6 Å². The fourth-order valence-corrected chi connectivity index (χ4v) is 7.75. The number of rotatable bonds is 6. The SMILES string of the molecule is CC1(NC(=O)C2CC(S(=O)(=O)c3ccc(N4CCC(F)(F)C4)cc3C(F)(F)F)CC2C(=O)N2CC(F)(F)C2)CC1. The molecule has 2 saturated heterocycles. The highest BCUT2D eigenvalue weighted by molar-refractivity contribution is 7.92. The summed E-state index contributed by atoms with van der Waals surface area (Å²) in [7, 11) is -4.80. The van der Waals surface area contributed by atoms with Crippen molar-refractivity contribution < 1.29 is 48.7 Å². The van der Waals surface area contributed by atoms with Crippen molar-refractivity contribution in [1.82, 2.24) is 10.2 Å². The minimum absolute atomic E-state index is 0.212. The molecule has 1 aromatic carbocycles. The van der Waals surface area contributed by atoms with E-state index in [1.165, 1.54) is 0 Å². The predicted octanol–water partition coefficient (Wildman–Crippen LogP) is 3.87. The molecule has 2 aliphatic carbocycles. The minimum Gasteiger partial charge on any atom is -0.365 e. The van der Waals surface area contributed by atoms with Gasteiger partial charge in [-0.05, 0) is 50.8 Å². The summed E-state index contributed by atoms with van der Waals surface area (Å²) in [5, 5.41) is 1.17. The Kier molecular flexibility index (Phi) is 6.66. The van der Waals surface area contributed by atoms with Crippen LogP contribution in [0.3, 0.4) is 0 Å². The molecular weight excluding hydrogens is 571 g/mol. The molecule has 7 nitrogen and oxygen atoms in total. The molecule has 0 spiro atoms. The van der Waals surface area contributed by atoms with Crippen LogP contribution >= 0.6 is 0 Å². The van der Waals surface area contributed by atoms with Gasteiger partial charge in [-0.3, -0.25) is 9.59 Å². The van der Waals surface area contributed by atoms with Gasteiger partial charge in [0.15, 0.2) is 9.84 Å². The maximum absolute atomic E-state index is 14.1. The Morgan fingerprint density at radius 1 is 0.950 bits per heavy atom. The van der Waals surface area contributed by atoms with Gasteiger partial charge in [-0.15, -0.1) is 0 Å². The number of sulfone groups is 1. The van der Waals surface area contributed by atoms with Gasteiger partial charge in [0.05, 0.1) is 47.2 Å². The van der Waals surface area contributed by atoms with Crippen molar-refractivity contribution in [3.8, 4) is 0 Å². The largest absolute Gasteiger partial charge is 0.417 e. The number of carbonyl (C=O) groups is 2. The zero-order valence-corrected chi connectivity index (χ0v) is 22.2. The zero-order chi connectivity index (χ0) is 29.5. The Morgan fingerprint density at radius 2 is 1.57 bits per heavy atom. The molecule has 0 bridgehead atoms. The van der Waals surface area contributed by atoms with Gasteiger partial charge in [-0.2, -0.15) is 13.2 Å². The number of hydrogen-bond donors (Lipinski definition) is 1. The Bertz CT molecular complexity index is 1320. The highest BCUT2D eigenvalue weighted by Crippen LogP contribution is 2.46. The molecule has 1 aromatic rings. The first-order valence-corrected chi connectivity index (χ1v) is 14.4. The van der Waals surface area contributed by atoms with Crippen LogP contribution in [0.15, 0.2) is 23.1 Å². The van der Waals surface area contributed by atoms with Crippen molar-refractivity contribution >= 4 is 27.3 Å². The number of hydrogen-bond acceptors (Lipinski definition) is 5. The van der Waals surface area contributed by atoms with Crippen molar-refractivity contribution in [2.24, 2.45) is 11.8 Å². The van der Waals surface area contributed by atoms with E-state index in [0.29, 0.717) is 18.9 Å². The maximum atomic E-state index is 14.1. The first-order valence-electron chi connectivity index (χ1n) is 12.9. The highest BCUT2D eigenvalue weighted by Gasteiger charge is 2.55. The summed E-state index contributed by atoms with van der Waals surface area (Å²) in [6.45, 7) is -1.06. The van der Waals surface area contributed by atoms with Crippen molar-refractivity contribution in [2.75, 3.05) is 31.1 Å². The fraction of sp³-hybridized carbons (Fsp3) is 0.680. The smallest absolute Gasteiger partial charge is 0.365 e. The average molecular weight is 600 g/mol. The normalized spacial score (nSPS) is 28.8. The van der Waals surface area contributed by atoms with E-state index in [-0.39, 0.29) is 12.2 Å². The van der Waals surface area contributed by atoms with Crippen LogP contribution in [0.5, 0.6) is 0 Å². The quantitative estimate of drug-likeness (QED) is 0.502. The van der Waals surface area contributed by atoms with E-state index in [2.05, 4.69) is 5.32 Å². The Labute approximate surface area is 226 Å². The standard InChI is InChI=1S/C25H28F7N3O4S/c1-22(4-5-22)33-20(36)16-9-15(10-17(16)21(37)35-12-24(28,29)13-35)40(38,39)19-3-2-14(8-18(19)25(30,31)32)34-7-6-23(26,27)11-34/h2-3,8,15-17H,4-7,9-13H2,1H3,(H,33,36). The molecule has 1 N–H and O–H groups in total. The third-order valence-corrected chi connectivity index (χ3v) is 10.5. The van der Waals surface area contributed by atoms with Gasteiger partial charge in [0.25, 0.3) is 11.8 Å². The van der Waals surface area contributed by atoms with Crippen LogP contribution in [0.25, 0.3) is 0 Å². The van der Waals surface area contributed by atoms with Gasteiger partial charge in [-0.1, -0.05) is 0 Å². The van der Waals surface area contributed by atoms with Crippen molar-refractivity contribution in [3.63, 3.8) is 0 Å². The van der Waals surface area contributed by atoms with E-state index < -0.39 is 112 Å². The van der Waals surface area contributed by atoms with Gasteiger partial charge < -0.3 is 15.1 Å². The second-order valence-electron chi connectivity index (χ2n) is 11.7. The summed E-state index contributed by atoms with van der Waals surface area (Å²) in [4.78, 5) is 26.9. The van der Waals surface area contributed by atoms with Gasteiger partial charge in [0.1, 0.15) is 0 Å². The molecular formula is C25H28F7N3O4S. The predicted molar refractivity (Wildman–Crippen MR) is 128 cm³/mol. The molecule has 2 aliphatic heterocycles. The van der Waals surface area contributed by atoms with Gasteiger partial charge in [0, 0.05) is 24.2 Å².